The smallest absolute Gasteiger partial charge is 0.243 e. The monoisotopic (exact) mass is 1060 g/mol. The highest BCUT2D eigenvalue weighted by Gasteiger charge is 2.36. The molecule has 1 saturated heterocycles. The summed E-state index contributed by atoms with van der Waals surface area (Å²) in [6, 6.07) is 1.89. The van der Waals surface area contributed by atoms with Crippen molar-refractivity contribution in [3.63, 3.8) is 0 Å². The number of nitrogens with two attached hydrogens (primary N) is 4. The summed E-state index contributed by atoms with van der Waals surface area (Å²) in [6.07, 6.45) is 3.86. The van der Waals surface area contributed by atoms with E-state index in [2.05, 4.69) is 44.1 Å². The van der Waals surface area contributed by atoms with Gasteiger partial charge in [0.2, 0.25) is 41.4 Å². The van der Waals surface area contributed by atoms with E-state index in [9.17, 15) is 48.3 Å². The molecule has 0 radical (unpaired) electrons. The Labute approximate surface area is 444 Å². The minimum atomic E-state index is -1.23. The summed E-state index contributed by atoms with van der Waals surface area (Å²) >= 11 is 0. The summed E-state index contributed by atoms with van der Waals surface area (Å²) in [5.41, 5.74) is 24.4. The van der Waals surface area contributed by atoms with Gasteiger partial charge in [0.05, 0.1) is 24.6 Å². The summed E-state index contributed by atoms with van der Waals surface area (Å²) in [5.74, 6) is -8.20. The van der Waals surface area contributed by atoms with Crippen LogP contribution >= 0.6 is 0 Å². The molecule has 7 amide bonds. The van der Waals surface area contributed by atoms with Crippen molar-refractivity contribution in [3.8, 4) is 0 Å². The van der Waals surface area contributed by atoms with Crippen LogP contribution in [0.3, 0.4) is 0 Å². The molecule has 75 heavy (non-hydrogen) atoms. The zero-order valence-corrected chi connectivity index (χ0v) is 45.4. The molecule has 0 bridgehead atoms. The fourth-order valence-corrected chi connectivity index (χ4v) is 9.09. The standard InChI is InChI=1S/C54H93N11O10/c1-6-7-8-9-13-17-39(66)33-48(69)60-40(19-24-56)46(67)31-37-22-27-59-51(72)44(28-34(2)3)65-53(74)43(21-26-58)63-52(73)42(18-14-23-55)62-54(75)45(29-35(4)5)64-50(71)38(30-36-15-11-10-12-16-36)32-47(68)41(20-25-57)61-49(37)70/h10-12,15-16,34-35,37-45,66H,6-9,13-14,17-33,55-58H2,1-5H3,(H,59,72)(H,60,69)(H,61,70)(H,62,75)(H,63,73)(H,64,71)(H,65,74)/t37-,38+,39-,40-,41+,42+,43+,44+,45+/m1/s1. The lowest BCUT2D eigenvalue weighted by Gasteiger charge is -2.28. The minimum absolute atomic E-state index is 0.00489. The molecule has 21 nitrogen and oxygen atoms in total. The number of hydrogen-bond donors (Lipinski definition) is 12. The lowest BCUT2D eigenvalue weighted by molar-refractivity contribution is -0.136. The van der Waals surface area contributed by atoms with Crippen LogP contribution in [0.15, 0.2) is 30.3 Å². The number of rotatable bonds is 27. The van der Waals surface area contributed by atoms with Crippen LogP contribution in [0, 0.1) is 23.7 Å². The molecule has 1 heterocycles. The number of unbranched alkanes of at least 4 members (excludes halogenated alkanes) is 4. The second-order valence-electron chi connectivity index (χ2n) is 20.9. The summed E-state index contributed by atoms with van der Waals surface area (Å²) in [4.78, 5) is 127. The van der Waals surface area contributed by atoms with Gasteiger partial charge in [0, 0.05) is 31.2 Å². The number of carbonyl (C=O) groups is 9. The molecule has 1 aromatic rings. The Morgan fingerprint density at radius 3 is 1.73 bits per heavy atom. The van der Waals surface area contributed by atoms with Gasteiger partial charge < -0.3 is 65.3 Å². The molecule has 1 fully saturated rings. The second-order valence-corrected chi connectivity index (χ2v) is 20.9. The van der Waals surface area contributed by atoms with Crippen LogP contribution in [0.25, 0.3) is 0 Å². The van der Waals surface area contributed by atoms with Gasteiger partial charge in [-0.25, -0.2) is 0 Å². The largest absolute Gasteiger partial charge is 0.393 e. The number of ketones is 2. The summed E-state index contributed by atoms with van der Waals surface area (Å²) < 4.78 is 0. The van der Waals surface area contributed by atoms with Crippen LogP contribution in [0.5, 0.6) is 0 Å². The highest BCUT2D eigenvalue weighted by Crippen LogP contribution is 2.20. The maximum Gasteiger partial charge on any atom is 0.243 e. The Balaban J connectivity index is 2.69. The average molecular weight is 1060 g/mol. The van der Waals surface area contributed by atoms with Gasteiger partial charge in [0.15, 0.2) is 11.6 Å². The first-order valence-corrected chi connectivity index (χ1v) is 27.4. The zero-order chi connectivity index (χ0) is 55.9. The molecular weight excluding hydrogens is 963 g/mol. The molecule has 0 unspecified atom stereocenters. The molecule has 1 aliphatic heterocycles. The van der Waals surface area contributed by atoms with Crippen LogP contribution in [0.2, 0.25) is 0 Å². The molecule has 0 aromatic heterocycles. The molecule has 1 aromatic carbocycles. The van der Waals surface area contributed by atoms with E-state index in [0.717, 1.165) is 32.1 Å². The summed E-state index contributed by atoms with van der Waals surface area (Å²) in [5, 5.41) is 29.9. The van der Waals surface area contributed by atoms with E-state index in [1.165, 1.54) is 0 Å². The van der Waals surface area contributed by atoms with E-state index in [-0.39, 0.29) is 102 Å². The van der Waals surface area contributed by atoms with Gasteiger partial charge in [-0.2, -0.15) is 0 Å². The zero-order valence-electron chi connectivity index (χ0n) is 45.4. The molecule has 1 aliphatic rings. The number of hydrogen-bond acceptors (Lipinski definition) is 14. The van der Waals surface area contributed by atoms with Gasteiger partial charge in [-0.1, -0.05) is 97.1 Å². The van der Waals surface area contributed by atoms with Crippen LogP contribution in [0.1, 0.15) is 149 Å². The van der Waals surface area contributed by atoms with Crippen molar-refractivity contribution in [3.05, 3.63) is 35.9 Å². The van der Waals surface area contributed by atoms with Crippen LogP contribution in [-0.4, -0.2) is 133 Å². The van der Waals surface area contributed by atoms with Crippen molar-refractivity contribution >= 4 is 52.9 Å². The quantitative estimate of drug-likeness (QED) is 0.0543. The van der Waals surface area contributed by atoms with Crippen molar-refractivity contribution in [2.24, 2.45) is 46.6 Å². The van der Waals surface area contributed by atoms with Crippen molar-refractivity contribution < 1.29 is 48.3 Å². The van der Waals surface area contributed by atoms with E-state index in [1.54, 1.807) is 30.3 Å². The van der Waals surface area contributed by atoms with Crippen molar-refractivity contribution in [1.29, 1.82) is 0 Å². The lowest BCUT2D eigenvalue weighted by atomic mass is 9.89. The maximum atomic E-state index is 14.5. The van der Waals surface area contributed by atoms with E-state index >= 15 is 0 Å². The first kappa shape index (κ1) is 65.8. The molecule has 0 aliphatic carbocycles. The highest BCUT2D eigenvalue weighted by molar-refractivity contribution is 5.98. The topological polar surface area (TPSA) is 362 Å². The van der Waals surface area contributed by atoms with Crippen LogP contribution < -0.4 is 60.2 Å². The predicted molar refractivity (Wildman–Crippen MR) is 288 cm³/mol. The fourth-order valence-electron chi connectivity index (χ4n) is 9.09. The number of aliphatic hydroxyl groups excluding tert-OH is 1. The molecule has 0 saturated carbocycles. The third kappa shape index (κ3) is 25.8. The Morgan fingerprint density at radius 2 is 1.15 bits per heavy atom. The first-order valence-electron chi connectivity index (χ1n) is 27.4. The first-order chi connectivity index (χ1) is 35.8. The van der Waals surface area contributed by atoms with Gasteiger partial charge in [-0.3, -0.25) is 43.2 Å². The molecule has 16 N–H and O–H groups in total. The molecule has 2 rings (SSSR count). The average Bonchev–Trinajstić information content (AvgIpc) is 3.35. The van der Waals surface area contributed by atoms with E-state index in [1.807, 2.05) is 27.7 Å². The second kappa shape index (κ2) is 36.6. The highest BCUT2D eigenvalue weighted by atomic mass is 16.3. The van der Waals surface area contributed by atoms with Gasteiger partial charge in [0.1, 0.15) is 24.2 Å². The van der Waals surface area contributed by atoms with Crippen molar-refractivity contribution in [2.45, 2.75) is 193 Å². The van der Waals surface area contributed by atoms with Gasteiger partial charge in [0.25, 0.3) is 0 Å². The molecule has 424 valence electrons. The minimum Gasteiger partial charge on any atom is -0.393 e. The Bertz CT molecular complexity index is 1940. The number of amides is 7. The molecule has 9 atom stereocenters. The van der Waals surface area contributed by atoms with E-state index in [4.69, 9.17) is 22.9 Å². The van der Waals surface area contributed by atoms with E-state index < -0.39 is 120 Å². The van der Waals surface area contributed by atoms with Crippen molar-refractivity contribution in [2.75, 3.05) is 32.7 Å². The summed E-state index contributed by atoms with van der Waals surface area (Å²) in [7, 11) is 0. The van der Waals surface area contributed by atoms with Gasteiger partial charge in [-0.05, 0) is 108 Å². The van der Waals surface area contributed by atoms with Crippen LogP contribution in [-0.2, 0) is 49.6 Å². The Morgan fingerprint density at radius 1 is 0.613 bits per heavy atom. The van der Waals surface area contributed by atoms with E-state index in [0.29, 0.717) is 18.4 Å². The van der Waals surface area contributed by atoms with Crippen molar-refractivity contribution in [1.82, 2.24) is 37.2 Å². The Hall–Kier alpha value is -5.35. The van der Waals surface area contributed by atoms with Crippen LogP contribution in [0.4, 0.5) is 0 Å². The predicted octanol–water partition coefficient (Wildman–Crippen LogP) is 0.798. The number of Topliss-reactive ketones (excluding diaryl/α,β-unsaturated/α-hetero) is 2. The number of nitrogens with one attached hydrogen (secondary N) is 7. The lowest BCUT2D eigenvalue weighted by Crippen LogP contribution is -2.59. The summed E-state index contributed by atoms with van der Waals surface area (Å²) in [6.45, 7) is 9.45. The van der Waals surface area contributed by atoms with Gasteiger partial charge >= 0.3 is 0 Å². The maximum absolute atomic E-state index is 14.5. The number of aliphatic hydroxyl groups is 1. The third-order valence-electron chi connectivity index (χ3n) is 13.3. The fraction of sp³-hybridized carbons (Fsp3) is 0.722. The molecule has 0 spiro atoms. The van der Waals surface area contributed by atoms with Gasteiger partial charge in [-0.15, -0.1) is 0 Å². The molecular formula is C54H93N11O10. The number of carbonyl (C=O) groups excluding carboxylic acids is 9. The number of benzene rings is 1. The SMILES string of the molecule is CCCCCCC[C@@H](O)CC(=O)N[C@H](CCN)C(=O)C[C@H]1CCNC(=O)[C@H](CC(C)C)NC(=O)[C@H](CCN)NC(=O)[C@H](CCCN)NC(=O)[C@H](CC(C)C)NC(=O)[C@@H](Cc2ccccc2)CC(=O)[C@H](CCN)NC1=O. The third-order valence-corrected chi connectivity index (χ3v) is 13.3. The molecule has 21 heteroatoms. The normalized spacial score (nSPS) is 23.0. The Kier molecular flexibility index (Phi) is 32.1.